The van der Waals surface area contributed by atoms with E-state index < -0.39 is 0 Å². The number of aromatic nitrogens is 1. The standard InChI is InChI=1S/C21H12BrClIN3O2S/c22-12-3-1-2-11(8-12)19(28)27-21(30)25-14-5-7-18-17(10-14)26-20(29-18)15-9-13(24)4-6-16(15)23/h1-10H,(H2,25,27,28,30). The summed E-state index contributed by atoms with van der Waals surface area (Å²) in [7, 11) is 0. The zero-order chi connectivity index (χ0) is 21.3. The maximum Gasteiger partial charge on any atom is 0.257 e. The Kier molecular flexibility index (Phi) is 6.37. The molecule has 0 atom stereocenters. The first-order valence-corrected chi connectivity index (χ1v) is 11.3. The number of anilines is 1. The number of carbonyl (C=O) groups is 1. The van der Waals surface area contributed by atoms with Crippen LogP contribution >= 0.6 is 62.3 Å². The maximum atomic E-state index is 12.3. The summed E-state index contributed by atoms with van der Waals surface area (Å²) in [5, 5.41) is 6.41. The zero-order valence-electron chi connectivity index (χ0n) is 15.1. The molecule has 0 saturated heterocycles. The van der Waals surface area contributed by atoms with Gasteiger partial charge in [-0.2, -0.15) is 0 Å². The molecule has 5 nitrogen and oxygen atoms in total. The van der Waals surface area contributed by atoms with E-state index in [-0.39, 0.29) is 11.0 Å². The van der Waals surface area contributed by atoms with Gasteiger partial charge >= 0.3 is 0 Å². The molecule has 0 radical (unpaired) electrons. The van der Waals surface area contributed by atoms with Crippen molar-refractivity contribution < 1.29 is 9.21 Å². The van der Waals surface area contributed by atoms with Gasteiger partial charge in [-0.25, -0.2) is 4.98 Å². The number of nitrogens with zero attached hydrogens (tertiary/aromatic N) is 1. The molecular weight excluding hydrogens is 601 g/mol. The molecule has 1 aromatic heterocycles. The van der Waals surface area contributed by atoms with Gasteiger partial charge in [-0.3, -0.25) is 10.1 Å². The molecule has 4 aromatic rings. The van der Waals surface area contributed by atoms with Crippen LogP contribution in [-0.4, -0.2) is 16.0 Å². The van der Waals surface area contributed by atoms with E-state index in [0.29, 0.717) is 33.3 Å². The highest BCUT2D eigenvalue weighted by Crippen LogP contribution is 2.32. The molecule has 1 heterocycles. The molecule has 0 unspecified atom stereocenters. The number of thiocarbonyl (C=S) groups is 1. The Bertz CT molecular complexity index is 1290. The predicted octanol–water partition coefficient (Wildman–Crippen LogP) is 6.64. The number of hydrogen-bond acceptors (Lipinski definition) is 4. The van der Waals surface area contributed by atoms with Crippen molar-refractivity contribution in [3.63, 3.8) is 0 Å². The Balaban J connectivity index is 1.51. The van der Waals surface area contributed by atoms with Crippen molar-refractivity contribution >= 4 is 90.1 Å². The predicted molar refractivity (Wildman–Crippen MR) is 135 cm³/mol. The van der Waals surface area contributed by atoms with E-state index in [2.05, 4.69) is 54.1 Å². The molecule has 0 spiro atoms. The Morgan fingerprint density at radius 3 is 2.77 bits per heavy atom. The number of oxazole rings is 1. The minimum Gasteiger partial charge on any atom is -0.436 e. The third-order valence-electron chi connectivity index (χ3n) is 4.12. The summed E-state index contributed by atoms with van der Waals surface area (Å²) >= 11 is 17.1. The number of halogens is 3. The second-order valence-corrected chi connectivity index (χ2v) is 9.22. The highest BCUT2D eigenvalue weighted by Gasteiger charge is 2.13. The summed E-state index contributed by atoms with van der Waals surface area (Å²) in [5.74, 6) is 0.142. The molecule has 30 heavy (non-hydrogen) atoms. The smallest absolute Gasteiger partial charge is 0.257 e. The largest absolute Gasteiger partial charge is 0.436 e. The van der Waals surface area contributed by atoms with Gasteiger partial charge in [0, 0.05) is 19.3 Å². The van der Waals surface area contributed by atoms with Gasteiger partial charge in [0.15, 0.2) is 10.7 Å². The molecule has 0 fully saturated rings. The van der Waals surface area contributed by atoms with E-state index >= 15 is 0 Å². The van der Waals surface area contributed by atoms with Crippen LogP contribution in [0.1, 0.15) is 10.4 Å². The first kappa shape index (κ1) is 21.2. The van der Waals surface area contributed by atoms with E-state index in [0.717, 1.165) is 13.6 Å². The fourth-order valence-electron chi connectivity index (χ4n) is 2.75. The van der Waals surface area contributed by atoms with Gasteiger partial charge in [0.25, 0.3) is 5.91 Å². The van der Waals surface area contributed by atoms with E-state index in [9.17, 15) is 4.79 Å². The summed E-state index contributed by atoms with van der Waals surface area (Å²) in [5.41, 5.74) is 3.17. The number of benzene rings is 3. The number of amides is 1. The monoisotopic (exact) mass is 611 g/mol. The lowest BCUT2D eigenvalue weighted by molar-refractivity contribution is 0.0977. The third kappa shape index (κ3) is 4.83. The third-order valence-corrected chi connectivity index (χ3v) is 5.82. The first-order valence-electron chi connectivity index (χ1n) is 8.63. The van der Waals surface area contributed by atoms with Crippen molar-refractivity contribution in [2.24, 2.45) is 0 Å². The summed E-state index contributed by atoms with van der Waals surface area (Å²) in [6, 6.07) is 18.1. The van der Waals surface area contributed by atoms with Crippen LogP contribution in [0.4, 0.5) is 5.69 Å². The molecule has 0 bridgehead atoms. The number of hydrogen-bond donors (Lipinski definition) is 2. The molecule has 0 aliphatic heterocycles. The first-order chi connectivity index (χ1) is 14.4. The molecular formula is C21H12BrClIN3O2S. The molecule has 0 aliphatic carbocycles. The Labute approximate surface area is 204 Å². The van der Waals surface area contributed by atoms with Gasteiger partial charge in [-0.15, -0.1) is 0 Å². The van der Waals surface area contributed by atoms with Crippen LogP contribution in [0.2, 0.25) is 5.02 Å². The van der Waals surface area contributed by atoms with Gasteiger partial charge in [0.05, 0.1) is 10.6 Å². The number of rotatable bonds is 3. The average molecular weight is 613 g/mol. The van der Waals surface area contributed by atoms with Crippen LogP contribution in [0.15, 0.2) is 69.6 Å². The van der Waals surface area contributed by atoms with Crippen LogP contribution < -0.4 is 10.6 Å². The average Bonchev–Trinajstić information content (AvgIpc) is 3.12. The van der Waals surface area contributed by atoms with Gasteiger partial charge in [0.2, 0.25) is 5.89 Å². The van der Waals surface area contributed by atoms with Crippen molar-refractivity contribution in [2.75, 3.05) is 5.32 Å². The molecule has 2 N–H and O–H groups in total. The minimum absolute atomic E-state index is 0.184. The SMILES string of the molecule is O=C(NC(=S)Nc1ccc2oc(-c3cc(I)ccc3Cl)nc2c1)c1cccc(Br)c1. The summed E-state index contributed by atoms with van der Waals surface area (Å²) in [4.78, 5) is 16.9. The van der Waals surface area contributed by atoms with Gasteiger partial charge in [-0.1, -0.05) is 33.6 Å². The van der Waals surface area contributed by atoms with Crippen LogP contribution in [0.5, 0.6) is 0 Å². The maximum absolute atomic E-state index is 12.3. The lowest BCUT2D eigenvalue weighted by Crippen LogP contribution is -2.34. The fraction of sp³-hybridized carbons (Fsp3) is 0. The molecule has 9 heteroatoms. The highest BCUT2D eigenvalue weighted by atomic mass is 127. The van der Waals surface area contributed by atoms with Crippen LogP contribution in [0.25, 0.3) is 22.6 Å². The topological polar surface area (TPSA) is 67.2 Å². The Morgan fingerprint density at radius 2 is 1.97 bits per heavy atom. The minimum atomic E-state index is -0.299. The number of nitrogens with one attached hydrogen (secondary N) is 2. The normalized spacial score (nSPS) is 10.8. The molecule has 1 amide bonds. The summed E-state index contributed by atoms with van der Waals surface area (Å²) < 4.78 is 7.69. The zero-order valence-corrected chi connectivity index (χ0v) is 20.4. The second kappa shape index (κ2) is 9.01. The fourth-order valence-corrected chi connectivity index (χ4v) is 4.05. The van der Waals surface area contributed by atoms with Crippen molar-refractivity contribution in [1.29, 1.82) is 0 Å². The molecule has 0 aliphatic rings. The van der Waals surface area contributed by atoms with E-state index in [1.807, 2.05) is 24.3 Å². The van der Waals surface area contributed by atoms with Crippen molar-refractivity contribution in [3.8, 4) is 11.5 Å². The van der Waals surface area contributed by atoms with Crippen molar-refractivity contribution in [3.05, 3.63) is 79.3 Å². The van der Waals surface area contributed by atoms with Crippen molar-refractivity contribution in [2.45, 2.75) is 0 Å². The van der Waals surface area contributed by atoms with Crippen LogP contribution in [-0.2, 0) is 0 Å². The highest BCUT2D eigenvalue weighted by molar-refractivity contribution is 14.1. The van der Waals surface area contributed by atoms with Gasteiger partial charge in [-0.05, 0) is 89.4 Å². The van der Waals surface area contributed by atoms with E-state index in [1.54, 1.807) is 36.4 Å². The van der Waals surface area contributed by atoms with Crippen molar-refractivity contribution in [1.82, 2.24) is 10.3 Å². The van der Waals surface area contributed by atoms with E-state index in [1.165, 1.54) is 0 Å². The quantitative estimate of drug-likeness (QED) is 0.201. The second-order valence-electron chi connectivity index (χ2n) is 6.24. The molecule has 3 aromatic carbocycles. The van der Waals surface area contributed by atoms with Crippen LogP contribution in [0.3, 0.4) is 0 Å². The van der Waals surface area contributed by atoms with Gasteiger partial charge in [0.1, 0.15) is 5.52 Å². The van der Waals surface area contributed by atoms with E-state index in [4.69, 9.17) is 28.2 Å². The Hall–Kier alpha value is -2.01. The summed E-state index contributed by atoms with van der Waals surface area (Å²) in [6.07, 6.45) is 0. The number of carbonyl (C=O) groups excluding carboxylic acids is 1. The van der Waals surface area contributed by atoms with Gasteiger partial charge < -0.3 is 9.73 Å². The molecule has 150 valence electrons. The lowest BCUT2D eigenvalue weighted by Gasteiger charge is -2.09. The number of fused-ring (bicyclic) bond motifs is 1. The summed E-state index contributed by atoms with van der Waals surface area (Å²) in [6.45, 7) is 0. The molecule has 0 saturated carbocycles. The van der Waals surface area contributed by atoms with Crippen LogP contribution in [0, 0.1) is 3.57 Å². The lowest BCUT2D eigenvalue weighted by atomic mass is 10.2. The molecule has 4 rings (SSSR count). The Morgan fingerprint density at radius 1 is 1.13 bits per heavy atom.